The molecule has 0 saturated carbocycles. The average molecular weight is 154 g/mol. The highest BCUT2D eigenvalue weighted by Crippen LogP contribution is 2.09. The van der Waals surface area contributed by atoms with Gasteiger partial charge in [0.1, 0.15) is 0 Å². The fourth-order valence-corrected chi connectivity index (χ4v) is 0.912. The van der Waals surface area contributed by atoms with Gasteiger partial charge in [0.25, 0.3) is 0 Å². The zero-order valence-corrected chi connectivity index (χ0v) is 7.98. The lowest BCUT2D eigenvalue weighted by Crippen LogP contribution is -1.80. The molecule has 0 bridgehead atoms. The van der Waals surface area contributed by atoms with Gasteiger partial charge in [-0.15, -0.1) is 0 Å². The van der Waals surface area contributed by atoms with Crippen molar-refractivity contribution in [3.63, 3.8) is 0 Å². The van der Waals surface area contributed by atoms with Gasteiger partial charge < -0.3 is 4.42 Å². The maximum atomic E-state index is 5.00. The van der Waals surface area contributed by atoms with E-state index in [4.69, 9.17) is 4.42 Å². The Morgan fingerprint density at radius 3 is 2.27 bits per heavy atom. The zero-order chi connectivity index (χ0) is 8.69. The maximum Gasteiger partial charge on any atom is 0.0937 e. The molecule has 0 spiro atoms. The smallest absolute Gasteiger partial charge is 0.0937 e. The molecule has 0 atom stereocenters. The number of aryl methyl sites for hydroxylation is 2. The van der Waals surface area contributed by atoms with Crippen LogP contribution in [0.2, 0.25) is 0 Å². The van der Waals surface area contributed by atoms with E-state index in [1.54, 1.807) is 6.26 Å². The molecule has 0 unspecified atom stereocenters. The predicted molar refractivity (Wildman–Crippen MR) is 48.8 cm³/mol. The Morgan fingerprint density at radius 2 is 1.91 bits per heavy atom. The summed E-state index contributed by atoms with van der Waals surface area (Å²) < 4.78 is 5.00. The second-order valence-electron chi connectivity index (χ2n) is 2.33. The third kappa shape index (κ3) is 3.26. The van der Waals surface area contributed by atoms with Gasteiger partial charge in [-0.3, -0.25) is 0 Å². The number of rotatable bonds is 2. The molecule has 0 fully saturated rings. The summed E-state index contributed by atoms with van der Waals surface area (Å²) in [6, 6.07) is 0. The summed E-state index contributed by atoms with van der Waals surface area (Å²) in [4.78, 5) is 0. The Morgan fingerprint density at radius 1 is 1.27 bits per heavy atom. The van der Waals surface area contributed by atoms with Crippen LogP contribution >= 0.6 is 0 Å². The molecule has 0 aliphatic rings. The second kappa shape index (κ2) is 6.02. The van der Waals surface area contributed by atoms with Crippen molar-refractivity contribution < 1.29 is 4.42 Å². The van der Waals surface area contributed by atoms with Crippen molar-refractivity contribution in [3.8, 4) is 0 Å². The van der Waals surface area contributed by atoms with Gasteiger partial charge in [0.2, 0.25) is 0 Å². The molecule has 1 aromatic heterocycles. The van der Waals surface area contributed by atoms with Gasteiger partial charge in [-0.05, 0) is 24.5 Å². The monoisotopic (exact) mass is 154 g/mol. The van der Waals surface area contributed by atoms with E-state index in [0.29, 0.717) is 0 Å². The average Bonchev–Trinajstić information content (AvgIpc) is 2.42. The summed E-state index contributed by atoms with van der Waals surface area (Å²) in [5, 5.41) is 0. The van der Waals surface area contributed by atoms with Crippen LogP contribution < -0.4 is 0 Å². The lowest BCUT2D eigenvalue weighted by molar-refractivity contribution is 0.562. The summed E-state index contributed by atoms with van der Waals surface area (Å²) in [5.41, 5.74) is 2.62. The molecule has 0 aromatic carbocycles. The van der Waals surface area contributed by atoms with E-state index in [-0.39, 0.29) is 0 Å². The molecule has 64 valence electrons. The molecule has 0 aliphatic heterocycles. The first-order valence-electron chi connectivity index (χ1n) is 4.36. The van der Waals surface area contributed by atoms with Gasteiger partial charge in [0.05, 0.1) is 12.5 Å². The van der Waals surface area contributed by atoms with Crippen LogP contribution in [0, 0.1) is 6.92 Å². The van der Waals surface area contributed by atoms with Crippen LogP contribution in [0.4, 0.5) is 0 Å². The molecule has 1 aromatic rings. The van der Waals surface area contributed by atoms with Crippen molar-refractivity contribution in [2.75, 3.05) is 0 Å². The van der Waals surface area contributed by atoms with Gasteiger partial charge in [-0.1, -0.05) is 27.2 Å². The van der Waals surface area contributed by atoms with E-state index >= 15 is 0 Å². The largest absolute Gasteiger partial charge is 0.472 e. The molecule has 0 radical (unpaired) electrons. The Hall–Kier alpha value is -0.720. The lowest BCUT2D eigenvalue weighted by Gasteiger charge is -1.90. The van der Waals surface area contributed by atoms with E-state index in [0.717, 1.165) is 6.42 Å². The van der Waals surface area contributed by atoms with Crippen LogP contribution in [0.5, 0.6) is 0 Å². The minimum Gasteiger partial charge on any atom is -0.472 e. The number of hydrogen-bond donors (Lipinski definition) is 0. The van der Waals surface area contributed by atoms with Crippen LogP contribution in [0.25, 0.3) is 0 Å². The first-order valence-corrected chi connectivity index (χ1v) is 4.36. The molecule has 0 amide bonds. The highest BCUT2D eigenvalue weighted by Gasteiger charge is 1.96. The number of furan rings is 1. The van der Waals surface area contributed by atoms with Crippen LogP contribution in [-0.4, -0.2) is 0 Å². The van der Waals surface area contributed by atoms with Gasteiger partial charge in [-0.25, -0.2) is 0 Å². The zero-order valence-electron chi connectivity index (χ0n) is 7.98. The quantitative estimate of drug-likeness (QED) is 0.634. The third-order valence-corrected chi connectivity index (χ3v) is 1.48. The van der Waals surface area contributed by atoms with Crippen molar-refractivity contribution in [2.45, 2.75) is 40.5 Å². The van der Waals surface area contributed by atoms with Crippen LogP contribution in [0.1, 0.15) is 38.3 Å². The predicted octanol–water partition coefficient (Wildman–Crippen LogP) is 3.57. The normalized spacial score (nSPS) is 8.73. The first-order chi connectivity index (χ1) is 5.34. The summed E-state index contributed by atoms with van der Waals surface area (Å²) in [5.74, 6) is 0. The van der Waals surface area contributed by atoms with Crippen molar-refractivity contribution >= 4 is 0 Å². The Labute approximate surface area is 69.4 Å². The van der Waals surface area contributed by atoms with Gasteiger partial charge in [0.15, 0.2) is 0 Å². The SMILES string of the molecule is CC.CCCc1cocc1C. The molecule has 1 rings (SSSR count). The fourth-order valence-electron chi connectivity index (χ4n) is 0.912. The van der Waals surface area contributed by atoms with Crippen LogP contribution in [-0.2, 0) is 6.42 Å². The Kier molecular flexibility index (Phi) is 5.63. The molecule has 0 aliphatic carbocycles. The van der Waals surface area contributed by atoms with Gasteiger partial charge in [-0.2, -0.15) is 0 Å². The van der Waals surface area contributed by atoms with Crippen molar-refractivity contribution in [1.29, 1.82) is 0 Å². The Balaban J connectivity index is 0.000000461. The molecule has 1 nitrogen and oxygen atoms in total. The Bertz CT molecular complexity index is 177. The second-order valence-corrected chi connectivity index (χ2v) is 2.33. The minimum atomic E-state index is 1.14. The summed E-state index contributed by atoms with van der Waals surface area (Å²) in [6.45, 7) is 8.25. The highest BCUT2D eigenvalue weighted by atomic mass is 16.3. The molecular weight excluding hydrogens is 136 g/mol. The molecule has 0 saturated heterocycles. The standard InChI is InChI=1S/C8H12O.C2H6/c1-3-4-8-6-9-5-7(8)2;1-2/h5-6H,3-4H2,1-2H3;1-2H3. The third-order valence-electron chi connectivity index (χ3n) is 1.48. The molecular formula is C10H18O. The lowest BCUT2D eigenvalue weighted by atomic mass is 10.1. The van der Waals surface area contributed by atoms with Gasteiger partial charge in [0, 0.05) is 0 Å². The van der Waals surface area contributed by atoms with E-state index in [1.165, 1.54) is 17.5 Å². The molecule has 0 N–H and O–H groups in total. The summed E-state index contributed by atoms with van der Waals surface area (Å²) in [6.07, 6.45) is 5.96. The van der Waals surface area contributed by atoms with Crippen molar-refractivity contribution in [1.82, 2.24) is 0 Å². The number of hydrogen-bond acceptors (Lipinski definition) is 1. The van der Waals surface area contributed by atoms with E-state index in [1.807, 2.05) is 20.1 Å². The maximum absolute atomic E-state index is 5.00. The topological polar surface area (TPSA) is 13.1 Å². The van der Waals surface area contributed by atoms with E-state index in [2.05, 4.69) is 13.8 Å². The summed E-state index contributed by atoms with van der Waals surface area (Å²) >= 11 is 0. The van der Waals surface area contributed by atoms with Crippen LogP contribution in [0.3, 0.4) is 0 Å². The molecule has 1 heteroatoms. The van der Waals surface area contributed by atoms with Gasteiger partial charge >= 0.3 is 0 Å². The van der Waals surface area contributed by atoms with E-state index < -0.39 is 0 Å². The highest BCUT2D eigenvalue weighted by molar-refractivity contribution is 5.18. The van der Waals surface area contributed by atoms with E-state index in [9.17, 15) is 0 Å². The van der Waals surface area contributed by atoms with Crippen molar-refractivity contribution in [3.05, 3.63) is 23.7 Å². The minimum absolute atomic E-state index is 1.14. The van der Waals surface area contributed by atoms with Crippen LogP contribution in [0.15, 0.2) is 16.9 Å². The van der Waals surface area contributed by atoms with Crippen molar-refractivity contribution in [2.24, 2.45) is 0 Å². The fraction of sp³-hybridized carbons (Fsp3) is 0.600. The first kappa shape index (κ1) is 10.3. The summed E-state index contributed by atoms with van der Waals surface area (Å²) in [7, 11) is 0. The molecule has 1 heterocycles. The molecule has 11 heavy (non-hydrogen) atoms.